The van der Waals surface area contributed by atoms with E-state index in [-0.39, 0.29) is 17.9 Å². The Bertz CT molecular complexity index is 1140. The maximum absolute atomic E-state index is 12.9. The van der Waals surface area contributed by atoms with Crippen LogP contribution in [0, 0.1) is 20.8 Å². The molecule has 0 atom stereocenters. The van der Waals surface area contributed by atoms with E-state index in [0.29, 0.717) is 11.3 Å². The third kappa shape index (κ3) is 5.41. The molecule has 0 saturated heterocycles. The van der Waals surface area contributed by atoms with Crippen molar-refractivity contribution in [1.82, 2.24) is 0 Å². The molecule has 0 unspecified atom stereocenters. The molecule has 3 aromatic carbocycles. The molecule has 0 aromatic heterocycles. The van der Waals surface area contributed by atoms with Crippen LogP contribution in [0.3, 0.4) is 0 Å². The first kappa shape index (κ1) is 23.2. The summed E-state index contributed by atoms with van der Waals surface area (Å²) in [6.07, 6.45) is -4.49. The van der Waals surface area contributed by atoms with Crippen LogP contribution in [0.2, 0.25) is 0 Å². The van der Waals surface area contributed by atoms with Gasteiger partial charge in [-0.1, -0.05) is 12.1 Å². The zero-order valence-corrected chi connectivity index (χ0v) is 18.3. The summed E-state index contributed by atoms with van der Waals surface area (Å²) in [6.45, 7) is 6.13. The number of nitrogens with one attached hydrogen (secondary N) is 1. The smallest absolute Gasteiger partial charge is 0.416 e. The van der Waals surface area contributed by atoms with Gasteiger partial charge in [0.05, 0.1) is 12.7 Å². The fraction of sp³-hybridized carbons (Fsp3) is 0.240. The molecule has 0 aliphatic heterocycles. The molecule has 3 rings (SSSR count). The maximum atomic E-state index is 12.9. The number of alkyl halides is 3. The van der Waals surface area contributed by atoms with E-state index in [4.69, 9.17) is 9.47 Å². The minimum Gasteiger partial charge on any atom is -0.496 e. The Balaban J connectivity index is 1.81. The number of benzene rings is 3. The lowest BCUT2D eigenvalue weighted by Crippen LogP contribution is -2.14. The fourth-order valence-corrected chi connectivity index (χ4v) is 3.32. The van der Waals surface area contributed by atoms with Crippen LogP contribution >= 0.6 is 0 Å². The molecule has 32 heavy (non-hydrogen) atoms. The van der Waals surface area contributed by atoms with Gasteiger partial charge in [0.1, 0.15) is 18.1 Å². The van der Waals surface area contributed by atoms with Crippen molar-refractivity contribution in [3.8, 4) is 11.5 Å². The van der Waals surface area contributed by atoms with Crippen molar-refractivity contribution in [2.24, 2.45) is 0 Å². The van der Waals surface area contributed by atoms with E-state index in [9.17, 15) is 18.0 Å². The third-order valence-corrected chi connectivity index (χ3v) is 5.14. The second-order valence-corrected chi connectivity index (χ2v) is 7.55. The quantitative estimate of drug-likeness (QED) is 0.475. The van der Waals surface area contributed by atoms with E-state index in [0.717, 1.165) is 34.6 Å². The number of anilines is 1. The standard InChI is InChI=1S/C25H24F3NO3/c1-15-10-16(2)17(3)23(11-15)32-14-19-12-18(8-9-22(19)31-4)24(30)29-21-7-5-6-20(13-21)25(26,27)28/h5-13H,14H2,1-4H3,(H,29,30). The number of methoxy groups -OCH3 is 1. The van der Waals surface area contributed by atoms with Crippen LogP contribution in [0.1, 0.15) is 38.2 Å². The Morgan fingerprint density at radius 1 is 0.969 bits per heavy atom. The van der Waals surface area contributed by atoms with Crippen molar-refractivity contribution < 1.29 is 27.4 Å². The van der Waals surface area contributed by atoms with E-state index in [2.05, 4.69) is 11.4 Å². The summed E-state index contributed by atoms with van der Waals surface area (Å²) < 4.78 is 50.2. The molecule has 0 spiro atoms. The number of halogens is 3. The molecule has 4 nitrogen and oxygen atoms in total. The molecule has 0 fully saturated rings. The van der Waals surface area contributed by atoms with Crippen molar-refractivity contribution in [3.63, 3.8) is 0 Å². The predicted octanol–water partition coefficient (Wildman–Crippen LogP) is 6.47. The van der Waals surface area contributed by atoms with Crippen LogP contribution in [0.4, 0.5) is 18.9 Å². The monoisotopic (exact) mass is 443 g/mol. The molecular weight excluding hydrogens is 419 g/mol. The van der Waals surface area contributed by atoms with Gasteiger partial charge in [0.15, 0.2) is 0 Å². The number of aryl methyl sites for hydroxylation is 2. The molecule has 0 heterocycles. The summed E-state index contributed by atoms with van der Waals surface area (Å²) in [7, 11) is 1.52. The van der Waals surface area contributed by atoms with Gasteiger partial charge in [0, 0.05) is 16.8 Å². The Morgan fingerprint density at radius 2 is 1.72 bits per heavy atom. The number of ether oxygens (including phenoxy) is 2. The number of carbonyl (C=O) groups is 1. The summed E-state index contributed by atoms with van der Waals surface area (Å²) in [5.74, 6) is 0.752. The molecule has 168 valence electrons. The first-order chi connectivity index (χ1) is 15.1. The van der Waals surface area contributed by atoms with Crippen LogP contribution in [-0.2, 0) is 12.8 Å². The largest absolute Gasteiger partial charge is 0.496 e. The summed E-state index contributed by atoms with van der Waals surface area (Å²) in [5.41, 5.74) is 3.35. The molecule has 0 bridgehead atoms. The van der Waals surface area contributed by atoms with Gasteiger partial charge in [-0.15, -0.1) is 0 Å². The lowest BCUT2D eigenvalue weighted by atomic mass is 10.1. The molecule has 1 amide bonds. The first-order valence-corrected chi connectivity index (χ1v) is 9.94. The van der Waals surface area contributed by atoms with Crippen LogP contribution in [0.25, 0.3) is 0 Å². The van der Waals surface area contributed by atoms with Gasteiger partial charge in [-0.05, 0) is 79.9 Å². The summed E-state index contributed by atoms with van der Waals surface area (Å²) in [4.78, 5) is 12.7. The van der Waals surface area contributed by atoms with E-state index >= 15 is 0 Å². The number of carbonyl (C=O) groups excluding carboxylic acids is 1. The summed E-state index contributed by atoms with van der Waals surface area (Å²) in [5, 5.41) is 2.51. The topological polar surface area (TPSA) is 47.6 Å². The number of amides is 1. The minimum absolute atomic E-state index is 0.0595. The highest BCUT2D eigenvalue weighted by molar-refractivity contribution is 6.04. The average molecular weight is 443 g/mol. The molecule has 3 aromatic rings. The highest BCUT2D eigenvalue weighted by Crippen LogP contribution is 2.31. The average Bonchev–Trinajstić information content (AvgIpc) is 2.74. The van der Waals surface area contributed by atoms with Crippen molar-refractivity contribution in [2.45, 2.75) is 33.6 Å². The molecule has 0 radical (unpaired) electrons. The summed E-state index contributed by atoms with van der Waals surface area (Å²) in [6, 6.07) is 13.3. The number of hydrogen-bond acceptors (Lipinski definition) is 3. The Morgan fingerprint density at radius 3 is 2.41 bits per heavy atom. The Hall–Kier alpha value is -3.48. The van der Waals surface area contributed by atoms with Gasteiger partial charge < -0.3 is 14.8 Å². The zero-order chi connectivity index (χ0) is 23.5. The van der Waals surface area contributed by atoms with Gasteiger partial charge in [-0.25, -0.2) is 0 Å². The van der Waals surface area contributed by atoms with Crippen LogP contribution < -0.4 is 14.8 Å². The van der Waals surface area contributed by atoms with E-state index in [1.54, 1.807) is 18.2 Å². The number of rotatable bonds is 6. The van der Waals surface area contributed by atoms with Gasteiger partial charge in [-0.2, -0.15) is 13.2 Å². The molecule has 0 aliphatic carbocycles. The van der Waals surface area contributed by atoms with Crippen LogP contribution in [-0.4, -0.2) is 13.0 Å². The molecule has 1 N–H and O–H groups in total. The van der Waals surface area contributed by atoms with Crippen molar-refractivity contribution in [3.05, 3.63) is 88.0 Å². The second kappa shape index (κ2) is 9.34. The van der Waals surface area contributed by atoms with Gasteiger partial charge in [-0.3, -0.25) is 4.79 Å². The minimum atomic E-state index is -4.49. The maximum Gasteiger partial charge on any atom is 0.416 e. The van der Waals surface area contributed by atoms with Crippen LogP contribution in [0.5, 0.6) is 11.5 Å². The van der Waals surface area contributed by atoms with Gasteiger partial charge in [0.25, 0.3) is 5.91 Å². The van der Waals surface area contributed by atoms with E-state index in [1.165, 1.54) is 19.2 Å². The first-order valence-electron chi connectivity index (χ1n) is 9.94. The summed E-state index contributed by atoms with van der Waals surface area (Å²) >= 11 is 0. The SMILES string of the molecule is COc1ccc(C(=O)Nc2cccc(C(F)(F)F)c2)cc1COc1cc(C)cc(C)c1C. The van der Waals surface area contributed by atoms with Crippen molar-refractivity contribution in [1.29, 1.82) is 0 Å². The molecule has 0 aliphatic rings. The molecule has 7 heteroatoms. The highest BCUT2D eigenvalue weighted by Gasteiger charge is 2.30. The van der Waals surface area contributed by atoms with Crippen molar-refractivity contribution in [2.75, 3.05) is 12.4 Å². The zero-order valence-electron chi connectivity index (χ0n) is 18.3. The molecule has 0 saturated carbocycles. The molecular formula is C25H24F3NO3. The van der Waals surface area contributed by atoms with Crippen LogP contribution in [0.15, 0.2) is 54.6 Å². The highest BCUT2D eigenvalue weighted by atomic mass is 19.4. The lowest BCUT2D eigenvalue weighted by molar-refractivity contribution is -0.137. The van der Waals surface area contributed by atoms with E-state index < -0.39 is 17.6 Å². The number of hydrogen-bond donors (Lipinski definition) is 1. The normalized spacial score (nSPS) is 11.2. The van der Waals surface area contributed by atoms with Gasteiger partial charge >= 0.3 is 6.18 Å². The second-order valence-electron chi connectivity index (χ2n) is 7.55. The van der Waals surface area contributed by atoms with Crippen molar-refractivity contribution >= 4 is 11.6 Å². The lowest BCUT2D eigenvalue weighted by Gasteiger charge is -2.15. The Kier molecular flexibility index (Phi) is 6.77. The Labute approximate surface area is 185 Å². The fourth-order valence-electron chi connectivity index (χ4n) is 3.32. The van der Waals surface area contributed by atoms with E-state index in [1.807, 2.05) is 26.8 Å². The third-order valence-electron chi connectivity index (χ3n) is 5.14. The van der Waals surface area contributed by atoms with Gasteiger partial charge in [0.2, 0.25) is 0 Å². The predicted molar refractivity (Wildman–Crippen MR) is 117 cm³/mol.